The maximum absolute atomic E-state index is 9.40. The van der Waals surface area contributed by atoms with Gasteiger partial charge in [0, 0.05) is 10.9 Å². The number of fused-ring (bicyclic) bond motifs is 1. The molecular formula is C15H14N4O2. The summed E-state index contributed by atoms with van der Waals surface area (Å²) in [6.07, 6.45) is 1.72. The zero-order valence-corrected chi connectivity index (χ0v) is 11.4. The van der Waals surface area contributed by atoms with Gasteiger partial charge in [0.25, 0.3) is 0 Å². The van der Waals surface area contributed by atoms with Gasteiger partial charge in [-0.25, -0.2) is 4.99 Å². The fourth-order valence-corrected chi connectivity index (χ4v) is 2.10. The molecule has 3 N–H and O–H groups in total. The third-order valence-corrected chi connectivity index (χ3v) is 3.15. The summed E-state index contributed by atoms with van der Waals surface area (Å²) in [4.78, 5) is 4.40. The number of aromatic nitrogens is 2. The van der Waals surface area contributed by atoms with Crippen LogP contribution in [0.2, 0.25) is 0 Å². The van der Waals surface area contributed by atoms with Gasteiger partial charge in [0.1, 0.15) is 5.75 Å². The molecule has 0 atom stereocenters. The lowest BCUT2D eigenvalue weighted by Crippen LogP contribution is -2.20. The number of aliphatic imine (C=N–C) groups is 1. The van der Waals surface area contributed by atoms with E-state index in [0.29, 0.717) is 11.5 Å². The number of H-pyrrole nitrogens is 1. The number of methoxy groups -OCH3 is 1. The first-order valence-corrected chi connectivity index (χ1v) is 6.37. The third-order valence-electron chi connectivity index (χ3n) is 3.15. The van der Waals surface area contributed by atoms with E-state index in [2.05, 4.69) is 20.7 Å². The number of hydrogen-bond acceptors (Lipinski definition) is 4. The average molecular weight is 282 g/mol. The quantitative estimate of drug-likeness (QED) is 0.392. The van der Waals surface area contributed by atoms with Crippen molar-refractivity contribution < 1.29 is 9.94 Å². The smallest absolute Gasteiger partial charge is 0.159 e. The van der Waals surface area contributed by atoms with Crippen LogP contribution >= 0.6 is 0 Å². The molecule has 0 fully saturated rings. The molecule has 0 unspecified atom stereocenters. The molecule has 0 spiro atoms. The topological polar surface area (TPSA) is 82.5 Å². The van der Waals surface area contributed by atoms with Crippen LogP contribution in [0.15, 0.2) is 53.7 Å². The summed E-state index contributed by atoms with van der Waals surface area (Å²) in [5, 5.41) is 17.3. The van der Waals surface area contributed by atoms with E-state index in [1.54, 1.807) is 13.3 Å². The number of rotatable bonds is 3. The second kappa shape index (κ2) is 5.64. The van der Waals surface area contributed by atoms with Crippen LogP contribution in [0.5, 0.6) is 5.75 Å². The van der Waals surface area contributed by atoms with Crippen molar-refractivity contribution >= 4 is 22.4 Å². The van der Waals surface area contributed by atoms with Crippen molar-refractivity contribution in [1.29, 1.82) is 0 Å². The minimum absolute atomic E-state index is 0.343. The Hall–Kier alpha value is -2.86. The van der Waals surface area contributed by atoms with Crippen molar-refractivity contribution in [2.75, 3.05) is 7.11 Å². The van der Waals surface area contributed by atoms with Crippen molar-refractivity contribution in [1.82, 2.24) is 15.7 Å². The molecule has 1 heterocycles. The highest BCUT2D eigenvalue weighted by Gasteiger charge is 2.09. The molecule has 1 aromatic heterocycles. The normalized spacial score (nSPS) is 11.6. The first-order chi connectivity index (χ1) is 10.3. The number of hydroxylamine groups is 1. The summed E-state index contributed by atoms with van der Waals surface area (Å²) in [5.41, 5.74) is 4.40. The molecule has 6 heteroatoms. The largest absolute Gasteiger partial charge is 0.497 e. The van der Waals surface area contributed by atoms with Gasteiger partial charge in [0.05, 0.1) is 24.5 Å². The predicted octanol–water partition coefficient (Wildman–Crippen LogP) is 2.63. The Morgan fingerprint density at radius 1 is 1.24 bits per heavy atom. The molecule has 6 nitrogen and oxygen atoms in total. The summed E-state index contributed by atoms with van der Waals surface area (Å²) < 4.78 is 5.11. The van der Waals surface area contributed by atoms with Crippen LogP contribution in [0.3, 0.4) is 0 Å². The molecule has 0 amide bonds. The Morgan fingerprint density at radius 3 is 2.76 bits per heavy atom. The van der Waals surface area contributed by atoms with E-state index in [0.717, 1.165) is 22.2 Å². The number of nitrogens with one attached hydrogen (secondary N) is 2. The number of benzene rings is 2. The monoisotopic (exact) mass is 282 g/mol. The Kier molecular flexibility index (Phi) is 3.53. The second-order valence-corrected chi connectivity index (χ2v) is 4.41. The van der Waals surface area contributed by atoms with Gasteiger partial charge >= 0.3 is 0 Å². The van der Waals surface area contributed by atoms with Crippen molar-refractivity contribution in [3.05, 3.63) is 54.2 Å². The highest BCUT2D eigenvalue weighted by Crippen LogP contribution is 2.21. The summed E-state index contributed by atoms with van der Waals surface area (Å²) in [6, 6.07) is 12.9. The number of ether oxygens (including phenoxy) is 1. The summed E-state index contributed by atoms with van der Waals surface area (Å²) in [7, 11) is 1.61. The average Bonchev–Trinajstić information content (AvgIpc) is 3.02. The van der Waals surface area contributed by atoms with Gasteiger partial charge in [-0.1, -0.05) is 12.1 Å². The predicted molar refractivity (Wildman–Crippen MR) is 80.2 cm³/mol. The van der Waals surface area contributed by atoms with Crippen LogP contribution in [-0.4, -0.2) is 28.4 Å². The molecule has 2 aromatic carbocycles. The fraction of sp³-hybridized carbons (Fsp3) is 0.0667. The van der Waals surface area contributed by atoms with Crippen LogP contribution in [0.1, 0.15) is 5.56 Å². The lowest BCUT2D eigenvalue weighted by molar-refractivity contribution is 0.235. The molecule has 0 bridgehead atoms. The maximum atomic E-state index is 9.40. The van der Waals surface area contributed by atoms with Crippen molar-refractivity contribution in [2.45, 2.75) is 0 Å². The first kappa shape index (κ1) is 13.1. The lowest BCUT2D eigenvalue weighted by Gasteiger charge is -2.06. The molecule has 0 radical (unpaired) electrons. The van der Waals surface area contributed by atoms with Gasteiger partial charge in [0.2, 0.25) is 0 Å². The number of hydrogen-bond donors (Lipinski definition) is 3. The van der Waals surface area contributed by atoms with E-state index in [-0.39, 0.29) is 0 Å². The molecule has 3 rings (SSSR count). The van der Waals surface area contributed by atoms with Crippen LogP contribution in [0, 0.1) is 0 Å². The Balaban J connectivity index is 2.04. The minimum atomic E-state index is 0.343. The minimum Gasteiger partial charge on any atom is -0.497 e. The number of aromatic amines is 1. The summed E-state index contributed by atoms with van der Waals surface area (Å²) in [5.74, 6) is 1.10. The number of para-hydroxylation sites is 1. The highest BCUT2D eigenvalue weighted by molar-refractivity contribution is 6.08. The van der Waals surface area contributed by atoms with Gasteiger partial charge < -0.3 is 4.74 Å². The number of amidine groups is 1. The van der Waals surface area contributed by atoms with Gasteiger partial charge in [0.15, 0.2) is 5.84 Å². The Bertz CT molecular complexity index is 778. The van der Waals surface area contributed by atoms with Crippen LogP contribution in [-0.2, 0) is 0 Å². The van der Waals surface area contributed by atoms with E-state index in [9.17, 15) is 5.21 Å². The van der Waals surface area contributed by atoms with Gasteiger partial charge in [-0.15, -0.1) is 0 Å². The SMILES string of the molecule is COc1ccc(N=C(NO)c2cccc3cn[nH]c23)cc1. The summed E-state index contributed by atoms with van der Waals surface area (Å²) in [6.45, 7) is 0. The zero-order valence-electron chi connectivity index (χ0n) is 11.4. The van der Waals surface area contributed by atoms with Crippen molar-refractivity contribution in [3.8, 4) is 5.75 Å². The zero-order chi connectivity index (χ0) is 14.7. The fourth-order valence-electron chi connectivity index (χ4n) is 2.10. The van der Waals surface area contributed by atoms with E-state index in [4.69, 9.17) is 4.74 Å². The van der Waals surface area contributed by atoms with Gasteiger partial charge in [-0.3, -0.25) is 15.8 Å². The molecule has 0 aliphatic heterocycles. The van der Waals surface area contributed by atoms with Crippen LogP contribution in [0.25, 0.3) is 10.9 Å². The third kappa shape index (κ3) is 2.56. The summed E-state index contributed by atoms with van der Waals surface area (Å²) >= 11 is 0. The lowest BCUT2D eigenvalue weighted by atomic mass is 10.1. The Morgan fingerprint density at radius 2 is 2.05 bits per heavy atom. The second-order valence-electron chi connectivity index (χ2n) is 4.41. The van der Waals surface area contributed by atoms with E-state index < -0.39 is 0 Å². The van der Waals surface area contributed by atoms with E-state index in [1.165, 1.54) is 0 Å². The molecule has 3 aromatic rings. The molecule has 0 aliphatic carbocycles. The van der Waals surface area contributed by atoms with Crippen LogP contribution < -0.4 is 10.2 Å². The van der Waals surface area contributed by atoms with Crippen molar-refractivity contribution in [2.24, 2.45) is 4.99 Å². The highest BCUT2D eigenvalue weighted by atomic mass is 16.5. The van der Waals surface area contributed by atoms with Crippen LogP contribution in [0.4, 0.5) is 5.69 Å². The first-order valence-electron chi connectivity index (χ1n) is 6.37. The number of nitrogens with zero attached hydrogens (tertiary/aromatic N) is 2. The molecule has 21 heavy (non-hydrogen) atoms. The Labute approximate surface area is 121 Å². The molecule has 0 saturated heterocycles. The van der Waals surface area contributed by atoms with E-state index in [1.807, 2.05) is 42.5 Å². The van der Waals surface area contributed by atoms with Gasteiger partial charge in [-0.2, -0.15) is 5.10 Å². The van der Waals surface area contributed by atoms with E-state index >= 15 is 0 Å². The molecule has 0 aliphatic rings. The van der Waals surface area contributed by atoms with Gasteiger partial charge in [-0.05, 0) is 30.3 Å². The standard InChI is InChI=1S/C15H14N4O2/c1-21-12-7-5-11(6-8-12)17-15(19-20)13-4-2-3-10-9-16-18-14(10)13/h2-9,20H,1H3,(H,16,18)(H,17,19). The molecule has 0 saturated carbocycles. The molecular weight excluding hydrogens is 268 g/mol. The van der Waals surface area contributed by atoms with Crippen molar-refractivity contribution in [3.63, 3.8) is 0 Å². The molecule has 106 valence electrons. The maximum Gasteiger partial charge on any atom is 0.159 e.